The fourth-order valence-corrected chi connectivity index (χ4v) is 2.36. The predicted molar refractivity (Wildman–Crippen MR) is 85.1 cm³/mol. The van der Waals surface area contributed by atoms with Crippen molar-refractivity contribution in [1.29, 1.82) is 0 Å². The number of aliphatic hydroxyl groups is 1. The Bertz CT molecular complexity index is 494. The molecule has 1 aliphatic rings. The number of anilines is 2. The number of hydrogen-bond acceptors (Lipinski definition) is 6. The minimum atomic E-state index is -0.405. The van der Waals surface area contributed by atoms with Crippen LogP contribution in [0.3, 0.4) is 0 Å². The maximum absolute atomic E-state index is 10.1. The van der Waals surface area contributed by atoms with Gasteiger partial charge in [0.1, 0.15) is 17.5 Å². The van der Waals surface area contributed by atoms with Crippen molar-refractivity contribution in [1.82, 2.24) is 9.97 Å². The summed E-state index contributed by atoms with van der Waals surface area (Å²) in [5.74, 6) is 8.23. The van der Waals surface area contributed by atoms with E-state index in [4.69, 9.17) is 5.84 Å². The normalized spacial score (nSPS) is 16.7. The van der Waals surface area contributed by atoms with E-state index in [9.17, 15) is 5.11 Å². The highest BCUT2D eigenvalue weighted by molar-refractivity contribution is 5.57. The van der Waals surface area contributed by atoms with Crippen LogP contribution in [-0.4, -0.2) is 27.7 Å². The number of hydrazine groups is 1. The molecule has 1 aliphatic carbocycles. The zero-order valence-corrected chi connectivity index (χ0v) is 13.4. The van der Waals surface area contributed by atoms with Gasteiger partial charge in [0.25, 0.3) is 0 Å². The van der Waals surface area contributed by atoms with Gasteiger partial charge in [-0.25, -0.2) is 15.8 Å². The van der Waals surface area contributed by atoms with E-state index < -0.39 is 6.10 Å². The molecule has 6 heteroatoms. The summed E-state index contributed by atoms with van der Waals surface area (Å²) >= 11 is 0. The molecule has 0 amide bonds. The van der Waals surface area contributed by atoms with Crippen molar-refractivity contribution in [2.24, 2.45) is 11.3 Å². The average Bonchev–Trinajstić information content (AvgIpc) is 3.19. The molecule has 1 atom stereocenters. The van der Waals surface area contributed by atoms with E-state index >= 15 is 0 Å². The summed E-state index contributed by atoms with van der Waals surface area (Å²) in [7, 11) is 0. The Morgan fingerprint density at radius 2 is 1.90 bits per heavy atom. The number of aromatic nitrogens is 2. The summed E-state index contributed by atoms with van der Waals surface area (Å²) < 4.78 is 0. The molecular weight excluding hydrogens is 266 g/mol. The van der Waals surface area contributed by atoms with Crippen molar-refractivity contribution in [3.63, 3.8) is 0 Å². The van der Waals surface area contributed by atoms with Crippen LogP contribution in [0.2, 0.25) is 0 Å². The van der Waals surface area contributed by atoms with Crippen molar-refractivity contribution in [3.05, 3.63) is 11.4 Å². The van der Waals surface area contributed by atoms with E-state index in [0.29, 0.717) is 18.3 Å². The smallest absolute Gasteiger partial charge is 0.148 e. The Kier molecular flexibility index (Phi) is 4.68. The molecule has 0 radical (unpaired) electrons. The first-order valence-electron chi connectivity index (χ1n) is 7.57. The number of aliphatic hydroxyl groups excluding tert-OH is 1. The molecule has 5 N–H and O–H groups in total. The molecule has 6 nitrogen and oxygen atoms in total. The van der Waals surface area contributed by atoms with Gasteiger partial charge in [-0.05, 0) is 31.6 Å². The maximum atomic E-state index is 10.1. The van der Waals surface area contributed by atoms with E-state index in [1.54, 1.807) is 0 Å². The molecule has 2 rings (SSSR count). The maximum Gasteiger partial charge on any atom is 0.148 e. The van der Waals surface area contributed by atoms with Gasteiger partial charge in [0, 0.05) is 18.0 Å². The zero-order valence-electron chi connectivity index (χ0n) is 13.4. The van der Waals surface area contributed by atoms with Crippen LogP contribution in [0.25, 0.3) is 0 Å². The topological polar surface area (TPSA) is 96.1 Å². The molecule has 0 bridgehead atoms. The van der Waals surface area contributed by atoms with Gasteiger partial charge in [-0.3, -0.25) is 0 Å². The Hall–Kier alpha value is -1.40. The molecular formula is C15H27N5O. The highest BCUT2D eigenvalue weighted by Crippen LogP contribution is 2.39. The van der Waals surface area contributed by atoms with Gasteiger partial charge in [-0.15, -0.1) is 0 Å². The molecule has 1 fully saturated rings. The zero-order chi connectivity index (χ0) is 15.6. The van der Waals surface area contributed by atoms with Crippen LogP contribution in [0.4, 0.5) is 11.6 Å². The molecule has 1 aromatic rings. The number of nitrogens with zero attached hydrogens (tertiary/aromatic N) is 2. The lowest BCUT2D eigenvalue weighted by atomic mass is 9.89. The van der Waals surface area contributed by atoms with Crippen molar-refractivity contribution in [3.8, 4) is 0 Å². The van der Waals surface area contributed by atoms with Gasteiger partial charge >= 0.3 is 0 Å². The van der Waals surface area contributed by atoms with Crippen LogP contribution in [0.15, 0.2) is 0 Å². The number of hydrogen-bond donors (Lipinski definition) is 4. The summed E-state index contributed by atoms with van der Waals surface area (Å²) in [6, 6.07) is 0. The largest absolute Gasteiger partial charge is 0.391 e. The molecule has 1 unspecified atom stereocenters. The highest BCUT2D eigenvalue weighted by Gasteiger charge is 2.28. The number of rotatable bonds is 6. The quantitative estimate of drug-likeness (QED) is 0.474. The van der Waals surface area contributed by atoms with E-state index in [1.165, 1.54) is 0 Å². The molecule has 0 aliphatic heterocycles. The second-order valence-electron chi connectivity index (χ2n) is 7.12. The minimum Gasteiger partial charge on any atom is -0.391 e. The fourth-order valence-electron chi connectivity index (χ4n) is 2.36. The van der Waals surface area contributed by atoms with Crippen molar-refractivity contribution < 1.29 is 5.11 Å². The first-order valence-corrected chi connectivity index (χ1v) is 7.57. The number of nitrogens with one attached hydrogen (secondary N) is 2. The van der Waals surface area contributed by atoms with Crippen LogP contribution in [0.1, 0.15) is 57.3 Å². The first kappa shape index (κ1) is 16.0. The molecule has 0 aromatic carbocycles. The van der Waals surface area contributed by atoms with E-state index in [2.05, 4.69) is 41.5 Å². The van der Waals surface area contributed by atoms with E-state index in [-0.39, 0.29) is 5.41 Å². The van der Waals surface area contributed by atoms with Crippen LogP contribution in [0, 0.1) is 12.3 Å². The van der Waals surface area contributed by atoms with Gasteiger partial charge in [0.2, 0.25) is 0 Å². The third-order valence-electron chi connectivity index (χ3n) is 3.60. The fraction of sp³-hybridized carbons (Fsp3) is 0.733. The van der Waals surface area contributed by atoms with Crippen LogP contribution < -0.4 is 16.6 Å². The first-order chi connectivity index (χ1) is 9.80. The van der Waals surface area contributed by atoms with E-state index in [1.807, 2.05) is 6.92 Å². The Labute approximate surface area is 126 Å². The third-order valence-corrected chi connectivity index (χ3v) is 3.60. The predicted octanol–water partition coefficient (Wildman–Crippen LogP) is 2.16. The van der Waals surface area contributed by atoms with Crippen molar-refractivity contribution >= 4 is 11.6 Å². The second-order valence-corrected chi connectivity index (χ2v) is 7.12. The second kappa shape index (κ2) is 6.15. The molecule has 1 saturated carbocycles. The van der Waals surface area contributed by atoms with Crippen LogP contribution in [0.5, 0.6) is 0 Å². The monoisotopic (exact) mass is 293 g/mol. The Morgan fingerprint density at radius 3 is 2.43 bits per heavy atom. The lowest BCUT2D eigenvalue weighted by molar-refractivity contribution is 0.132. The number of nitrogen functional groups attached to an aromatic ring is 1. The van der Waals surface area contributed by atoms with Gasteiger partial charge in [0.05, 0.1) is 6.10 Å². The molecule has 118 valence electrons. The van der Waals surface area contributed by atoms with Gasteiger partial charge in [0.15, 0.2) is 0 Å². The van der Waals surface area contributed by atoms with Crippen molar-refractivity contribution in [2.75, 3.05) is 17.3 Å². The average molecular weight is 293 g/mol. The molecule has 0 saturated heterocycles. The summed E-state index contributed by atoms with van der Waals surface area (Å²) in [6.45, 7) is 8.75. The molecule has 21 heavy (non-hydrogen) atoms. The molecule has 1 heterocycles. The highest BCUT2D eigenvalue weighted by atomic mass is 16.3. The van der Waals surface area contributed by atoms with Gasteiger partial charge < -0.3 is 15.8 Å². The summed E-state index contributed by atoms with van der Waals surface area (Å²) in [4.78, 5) is 9.03. The SMILES string of the molecule is Cc1c(NN)nc(C2CC2)nc1NCC(O)CC(C)(C)C. The molecule has 0 spiro atoms. The van der Waals surface area contributed by atoms with Crippen LogP contribution >= 0.6 is 0 Å². The van der Waals surface area contributed by atoms with Crippen LogP contribution in [-0.2, 0) is 0 Å². The lowest BCUT2D eigenvalue weighted by Gasteiger charge is -2.23. The minimum absolute atomic E-state index is 0.102. The lowest BCUT2D eigenvalue weighted by Crippen LogP contribution is -2.26. The Morgan fingerprint density at radius 1 is 1.29 bits per heavy atom. The van der Waals surface area contributed by atoms with Gasteiger partial charge in [-0.2, -0.15) is 0 Å². The van der Waals surface area contributed by atoms with Crippen molar-refractivity contribution in [2.45, 2.75) is 59.0 Å². The summed E-state index contributed by atoms with van der Waals surface area (Å²) in [5, 5.41) is 13.3. The summed E-state index contributed by atoms with van der Waals surface area (Å²) in [5.41, 5.74) is 3.61. The molecule has 1 aromatic heterocycles. The third kappa shape index (κ3) is 4.54. The standard InChI is InChI=1S/C15H27N5O/c1-9-12(17-8-11(21)7-15(2,3)4)18-14(10-5-6-10)19-13(9)20-16/h10-11,21H,5-8,16H2,1-4H3,(H2,17,18,19,20). The number of nitrogens with two attached hydrogens (primary N) is 1. The Balaban J connectivity index is 2.06. The van der Waals surface area contributed by atoms with E-state index in [0.717, 1.165) is 36.5 Å². The summed E-state index contributed by atoms with van der Waals surface area (Å²) in [6.07, 6.45) is 2.61. The van der Waals surface area contributed by atoms with Gasteiger partial charge in [-0.1, -0.05) is 20.8 Å².